The van der Waals surface area contributed by atoms with Gasteiger partial charge in [0.05, 0.1) is 11.9 Å². The molecule has 0 spiro atoms. The maximum Gasteiger partial charge on any atom is 0.136 e. The highest BCUT2D eigenvalue weighted by molar-refractivity contribution is 9.10. The van der Waals surface area contributed by atoms with Gasteiger partial charge in [-0.25, -0.2) is 4.98 Å². The average molecular weight is 337 g/mol. The first-order valence-electron chi connectivity index (χ1n) is 7.05. The number of hydrogen-bond donors (Lipinski definition) is 1. The second-order valence-electron chi connectivity index (χ2n) is 6.42. The van der Waals surface area contributed by atoms with Gasteiger partial charge in [-0.3, -0.25) is 4.90 Å². The van der Waals surface area contributed by atoms with E-state index in [0.717, 1.165) is 36.2 Å². The number of halogens is 1. The van der Waals surface area contributed by atoms with Gasteiger partial charge in [-0.2, -0.15) is 0 Å². The number of hydrogen-bond acceptors (Lipinski definition) is 3. The molecule has 1 atom stereocenters. The second-order valence-corrected chi connectivity index (χ2v) is 7.34. The summed E-state index contributed by atoms with van der Waals surface area (Å²) in [7, 11) is 0. The van der Waals surface area contributed by atoms with E-state index in [0.29, 0.717) is 6.04 Å². The lowest BCUT2D eigenvalue weighted by Crippen LogP contribution is -2.52. The van der Waals surface area contributed by atoms with Gasteiger partial charge in [-0.05, 0) is 39.9 Å². The highest BCUT2D eigenvalue weighted by atomic mass is 79.9. The molecular formula is C15H21BrN4. The van der Waals surface area contributed by atoms with Crippen LogP contribution >= 0.6 is 15.9 Å². The van der Waals surface area contributed by atoms with E-state index in [9.17, 15) is 0 Å². The first kappa shape index (κ1) is 14.0. The molecule has 4 nitrogen and oxygen atoms in total. The maximum absolute atomic E-state index is 6.21. The first-order valence-corrected chi connectivity index (χ1v) is 7.84. The number of imidazole rings is 1. The van der Waals surface area contributed by atoms with Crippen molar-refractivity contribution in [3.8, 4) is 0 Å². The molecule has 2 aromatic rings. The van der Waals surface area contributed by atoms with E-state index < -0.39 is 0 Å². The van der Waals surface area contributed by atoms with Gasteiger partial charge < -0.3 is 10.1 Å². The Morgan fingerprint density at radius 3 is 3.00 bits per heavy atom. The molecule has 20 heavy (non-hydrogen) atoms. The summed E-state index contributed by atoms with van der Waals surface area (Å²) >= 11 is 3.52. The van der Waals surface area contributed by atoms with Gasteiger partial charge in [-0.1, -0.05) is 13.8 Å². The highest BCUT2D eigenvalue weighted by Gasteiger charge is 2.33. The quantitative estimate of drug-likeness (QED) is 0.916. The van der Waals surface area contributed by atoms with Crippen molar-refractivity contribution >= 4 is 21.6 Å². The van der Waals surface area contributed by atoms with Gasteiger partial charge in [0, 0.05) is 36.3 Å². The van der Waals surface area contributed by atoms with Crippen LogP contribution in [0.4, 0.5) is 0 Å². The second kappa shape index (κ2) is 5.13. The van der Waals surface area contributed by atoms with Crippen molar-refractivity contribution < 1.29 is 0 Å². The minimum absolute atomic E-state index is 0.180. The number of fused-ring (bicyclic) bond motifs is 1. The van der Waals surface area contributed by atoms with Gasteiger partial charge in [0.15, 0.2) is 0 Å². The molecule has 0 aromatic carbocycles. The number of aromatic nitrogens is 2. The standard InChI is InChI=1S/C15H21BrN4/c1-15(2)10-19(6-5-13(15)17)9-12-7-18-14-4-3-11(16)8-20(12)14/h3-4,7-8,13H,5-6,9-10,17H2,1-2H3. The molecule has 3 heterocycles. The van der Waals surface area contributed by atoms with Crippen molar-refractivity contribution in [2.75, 3.05) is 13.1 Å². The van der Waals surface area contributed by atoms with Crippen LogP contribution < -0.4 is 5.73 Å². The fourth-order valence-electron chi connectivity index (χ4n) is 2.97. The van der Waals surface area contributed by atoms with Crippen LogP contribution in [-0.2, 0) is 6.54 Å². The summed E-state index contributed by atoms with van der Waals surface area (Å²) in [6, 6.07) is 4.36. The molecule has 0 saturated carbocycles. The SMILES string of the molecule is CC1(C)CN(Cc2cnc3ccc(Br)cn23)CCC1N. The molecular weight excluding hydrogens is 316 g/mol. The highest BCUT2D eigenvalue weighted by Crippen LogP contribution is 2.28. The number of likely N-dealkylation sites (tertiary alicyclic amines) is 1. The Kier molecular flexibility index (Phi) is 3.60. The molecule has 108 valence electrons. The lowest BCUT2D eigenvalue weighted by molar-refractivity contribution is 0.0887. The fraction of sp³-hybridized carbons (Fsp3) is 0.533. The van der Waals surface area contributed by atoms with E-state index in [1.165, 1.54) is 5.69 Å². The lowest BCUT2D eigenvalue weighted by Gasteiger charge is -2.42. The van der Waals surface area contributed by atoms with Gasteiger partial charge in [0.25, 0.3) is 0 Å². The molecule has 0 aliphatic carbocycles. The molecule has 1 aliphatic rings. The number of piperidine rings is 1. The number of nitrogens with zero attached hydrogens (tertiary/aromatic N) is 3. The predicted octanol–water partition coefficient (Wildman–Crippen LogP) is 2.66. The summed E-state index contributed by atoms with van der Waals surface area (Å²) in [5.74, 6) is 0. The minimum atomic E-state index is 0.180. The zero-order valence-electron chi connectivity index (χ0n) is 12.0. The Balaban J connectivity index is 1.81. The van der Waals surface area contributed by atoms with Crippen LogP contribution in [0, 0.1) is 5.41 Å². The van der Waals surface area contributed by atoms with Gasteiger partial charge in [-0.15, -0.1) is 0 Å². The number of rotatable bonds is 2. The number of nitrogens with two attached hydrogens (primary N) is 1. The molecule has 5 heteroatoms. The molecule has 1 saturated heterocycles. The summed E-state index contributed by atoms with van der Waals surface area (Å²) in [5, 5.41) is 0. The van der Waals surface area contributed by atoms with E-state index >= 15 is 0 Å². The van der Waals surface area contributed by atoms with E-state index in [2.05, 4.69) is 50.3 Å². The van der Waals surface area contributed by atoms with E-state index in [1.807, 2.05) is 18.3 Å². The van der Waals surface area contributed by atoms with Crippen molar-refractivity contribution in [3.05, 3.63) is 34.7 Å². The summed E-state index contributed by atoms with van der Waals surface area (Å²) < 4.78 is 3.23. The summed E-state index contributed by atoms with van der Waals surface area (Å²) in [6.45, 7) is 7.54. The Bertz CT molecular complexity index is 619. The fourth-order valence-corrected chi connectivity index (χ4v) is 3.31. The maximum atomic E-state index is 6.21. The van der Waals surface area contributed by atoms with E-state index in [1.54, 1.807) is 0 Å². The number of pyridine rings is 1. The Labute approximate surface area is 128 Å². The first-order chi connectivity index (χ1) is 9.45. The summed E-state index contributed by atoms with van der Waals surface area (Å²) in [4.78, 5) is 6.95. The van der Waals surface area contributed by atoms with Crippen molar-refractivity contribution in [1.29, 1.82) is 0 Å². The average Bonchev–Trinajstić information content (AvgIpc) is 2.76. The van der Waals surface area contributed by atoms with E-state index in [4.69, 9.17) is 5.73 Å². The van der Waals surface area contributed by atoms with Crippen molar-refractivity contribution in [3.63, 3.8) is 0 Å². The van der Waals surface area contributed by atoms with Gasteiger partial charge >= 0.3 is 0 Å². The third-order valence-corrected chi connectivity index (χ3v) is 4.79. The predicted molar refractivity (Wildman–Crippen MR) is 84.5 cm³/mol. The van der Waals surface area contributed by atoms with Crippen molar-refractivity contribution in [1.82, 2.24) is 14.3 Å². The Morgan fingerprint density at radius 1 is 1.45 bits per heavy atom. The monoisotopic (exact) mass is 336 g/mol. The molecule has 0 amide bonds. The molecule has 3 rings (SSSR count). The third-order valence-electron chi connectivity index (χ3n) is 4.32. The summed E-state index contributed by atoms with van der Waals surface area (Å²) in [5.41, 5.74) is 8.61. The topological polar surface area (TPSA) is 46.6 Å². The molecule has 2 aromatic heterocycles. The normalized spacial score (nSPS) is 23.3. The minimum Gasteiger partial charge on any atom is -0.327 e. The lowest BCUT2D eigenvalue weighted by atomic mass is 9.80. The summed E-state index contributed by atoms with van der Waals surface area (Å²) in [6.07, 6.45) is 5.12. The van der Waals surface area contributed by atoms with Crippen LogP contribution in [-0.4, -0.2) is 33.4 Å². The molecule has 1 unspecified atom stereocenters. The molecule has 1 aliphatic heterocycles. The molecule has 0 bridgehead atoms. The van der Waals surface area contributed by atoms with Crippen LogP contribution in [0.1, 0.15) is 26.0 Å². The molecule has 0 radical (unpaired) electrons. The van der Waals surface area contributed by atoms with Crippen LogP contribution in [0.15, 0.2) is 29.0 Å². The zero-order chi connectivity index (χ0) is 14.3. The third kappa shape index (κ3) is 2.62. The Morgan fingerprint density at radius 2 is 2.25 bits per heavy atom. The van der Waals surface area contributed by atoms with E-state index in [-0.39, 0.29) is 5.41 Å². The Hall–Kier alpha value is -0.910. The van der Waals surface area contributed by atoms with Crippen LogP contribution in [0.3, 0.4) is 0 Å². The van der Waals surface area contributed by atoms with Gasteiger partial charge in [0.1, 0.15) is 5.65 Å². The van der Waals surface area contributed by atoms with Crippen LogP contribution in [0.2, 0.25) is 0 Å². The van der Waals surface area contributed by atoms with Crippen LogP contribution in [0.25, 0.3) is 5.65 Å². The van der Waals surface area contributed by atoms with Gasteiger partial charge in [0.2, 0.25) is 0 Å². The zero-order valence-corrected chi connectivity index (χ0v) is 13.6. The smallest absolute Gasteiger partial charge is 0.136 e. The molecule has 2 N–H and O–H groups in total. The molecule has 1 fully saturated rings. The largest absolute Gasteiger partial charge is 0.327 e. The van der Waals surface area contributed by atoms with Crippen molar-refractivity contribution in [2.24, 2.45) is 11.1 Å². The van der Waals surface area contributed by atoms with Crippen LogP contribution in [0.5, 0.6) is 0 Å². The van der Waals surface area contributed by atoms with Crippen molar-refractivity contribution in [2.45, 2.75) is 32.9 Å².